The molecule has 0 fully saturated rings. The quantitative estimate of drug-likeness (QED) is 0.590. The van der Waals surface area contributed by atoms with Crippen molar-refractivity contribution in [3.63, 3.8) is 0 Å². The lowest BCUT2D eigenvalue weighted by Gasteiger charge is -2.11. The molecule has 8 heteroatoms. The topological polar surface area (TPSA) is 80.2 Å². The minimum Gasteiger partial charge on any atom is -0.343 e. The fourth-order valence-electron chi connectivity index (χ4n) is 2.60. The van der Waals surface area contributed by atoms with Gasteiger partial charge >= 0.3 is 0 Å². The lowest BCUT2D eigenvalue weighted by atomic mass is 10.2. The fourth-order valence-corrected chi connectivity index (χ4v) is 4.13. The minimum absolute atomic E-state index is 0.171. The second-order valence-electron chi connectivity index (χ2n) is 5.78. The third-order valence-electron chi connectivity index (χ3n) is 3.86. The first-order chi connectivity index (χ1) is 12.9. The Morgan fingerprint density at radius 3 is 2.44 bits per heavy atom. The second-order valence-corrected chi connectivity index (χ2v) is 8.38. The van der Waals surface area contributed by atoms with Gasteiger partial charge in [-0.3, -0.25) is 9.52 Å². The molecule has 1 aromatic heterocycles. The van der Waals surface area contributed by atoms with Gasteiger partial charge in [0.1, 0.15) is 5.69 Å². The van der Waals surface area contributed by atoms with E-state index >= 15 is 0 Å². The Morgan fingerprint density at radius 2 is 1.74 bits per heavy atom. The minimum atomic E-state index is -3.69. The summed E-state index contributed by atoms with van der Waals surface area (Å²) in [6.45, 7) is 2.60. The van der Waals surface area contributed by atoms with E-state index in [1.807, 2.05) is 17.7 Å². The zero-order chi connectivity index (χ0) is 19.4. The Balaban J connectivity index is 1.79. The number of nitrogens with zero attached hydrogens (tertiary/aromatic N) is 1. The fraction of sp³-hybridized carbons (Fsp3) is 0.105. The summed E-state index contributed by atoms with van der Waals surface area (Å²) < 4.78 is 30.0. The second kappa shape index (κ2) is 7.98. The van der Waals surface area contributed by atoms with Gasteiger partial charge in [0.2, 0.25) is 0 Å². The van der Waals surface area contributed by atoms with Crippen LogP contribution in [0.2, 0.25) is 0 Å². The van der Waals surface area contributed by atoms with Crippen LogP contribution in [0.1, 0.15) is 17.4 Å². The van der Waals surface area contributed by atoms with Crippen LogP contribution in [-0.2, 0) is 16.6 Å². The maximum Gasteiger partial charge on any atom is 0.272 e. The summed E-state index contributed by atoms with van der Waals surface area (Å²) in [5.74, 6) is -0.273. The van der Waals surface area contributed by atoms with E-state index in [4.69, 9.17) is 0 Å². The van der Waals surface area contributed by atoms with Crippen LogP contribution in [0.4, 0.5) is 11.4 Å². The lowest BCUT2D eigenvalue weighted by Crippen LogP contribution is -2.17. The van der Waals surface area contributed by atoms with Crippen molar-refractivity contribution in [2.75, 3.05) is 10.0 Å². The van der Waals surface area contributed by atoms with E-state index in [2.05, 4.69) is 26.0 Å². The van der Waals surface area contributed by atoms with Crippen LogP contribution < -0.4 is 10.0 Å². The van der Waals surface area contributed by atoms with Gasteiger partial charge in [0.15, 0.2) is 0 Å². The maximum absolute atomic E-state index is 12.5. The predicted octanol–water partition coefficient (Wildman–Crippen LogP) is 4.32. The summed E-state index contributed by atoms with van der Waals surface area (Å²) in [4.78, 5) is 12.7. The molecule has 2 N–H and O–H groups in total. The monoisotopic (exact) mass is 447 g/mol. The van der Waals surface area contributed by atoms with E-state index in [-0.39, 0.29) is 10.8 Å². The average Bonchev–Trinajstić information content (AvgIpc) is 3.03. The molecule has 0 aliphatic rings. The SMILES string of the molecule is CCn1cc(Br)cc1C(=O)Nc1cccc(NS(=O)(=O)c2ccccc2)c1. The van der Waals surface area contributed by atoms with Gasteiger partial charge in [0, 0.05) is 22.9 Å². The van der Waals surface area contributed by atoms with Crippen molar-refractivity contribution in [3.05, 3.63) is 77.0 Å². The molecule has 0 unspecified atom stereocenters. The molecule has 0 saturated heterocycles. The van der Waals surface area contributed by atoms with Crippen LogP contribution in [0.5, 0.6) is 0 Å². The largest absolute Gasteiger partial charge is 0.343 e. The van der Waals surface area contributed by atoms with Crippen molar-refractivity contribution in [2.45, 2.75) is 18.4 Å². The summed E-state index contributed by atoms with van der Waals surface area (Å²) in [6, 6.07) is 16.4. The van der Waals surface area contributed by atoms with E-state index in [1.54, 1.807) is 48.5 Å². The van der Waals surface area contributed by atoms with Crippen molar-refractivity contribution < 1.29 is 13.2 Å². The van der Waals surface area contributed by atoms with Crippen molar-refractivity contribution >= 4 is 43.2 Å². The summed E-state index contributed by atoms with van der Waals surface area (Å²) in [6.07, 6.45) is 1.83. The number of amides is 1. The van der Waals surface area contributed by atoms with Crippen molar-refractivity contribution in [3.8, 4) is 0 Å². The Morgan fingerprint density at radius 1 is 1.04 bits per heavy atom. The molecule has 1 amide bonds. The molecule has 1 heterocycles. The predicted molar refractivity (Wildman–Crippen MR) is 109 cm³/mol. The molecule has 27 heavy (non-hydrogen) atoms. The van der Waals surface area contributed by atoms with Gasteiger partial charge in [0.25, 0.3) is 15.9 Å². The number of aromatic nitrogens is 1. The molecule has 0 atom stereocenters. The van der Waals surface area contributed by atoms with Gasteiger partial charge in [-0.1, -0.05) is 24.3 Å². The van der Waals surface area contributed by atoms with Crippen LogP contribution in [0.15, 0.2) is 76.2 Å². The molecule has 3 rings (SSSR count). The van der Waals surface area contributed by atoms with E-state index in [0.717, 1.165) is 4.47 Å². The number of sulfonamides is 1. The molecule has 0 radical (unpaired) electrons. The van der Waals surface area contributed by atoms with Gasteiger partial charge in [-0.25, -0.2) is 8.42 Å². The lowest BCUT2D eigenvalue weighted by molar-refractivity contribution is 0.101. The first-order valence-corrected chi connectivity index (χ1v) is 10.5. The molecule has 140 valence electrons. The summed E-state index contributed by atoms with van der Waals surface area (Å²) in [7, 11) is -3.69. The van der Waals surface area contributed by atoms with E-state index in [1.165, 1.54) is 12.1 Å². The van der Waals surface area contributed by atoms with Crippen molar-refractivity contribution in [2.24, 2.45) is 0 Å². The number of hydrogen-bond acceptors (Lipinski definition) is 3. The Hall–Kier alpha value is -2.58. The van der Waals surface area contributed by atoms with Gasteiger partial charge in [-0.2, -0.15) is 0 Å². The van der Waals surface area contributed by atoms with Crippen molar-refractivity contribution in [1.82, 2.24) is 4.57 Å². The Kier molecular flexibility index (Phi) is 5.67. The molecule has 2 aromatic carbocycles. The van der Waals surface area contributed by atoms with Gasteiger partial charge in [-0.15, -0.1) is 0 Å². The average molecular weight is 448 g/mol. The number of aryl methyl sites for hydroxylation is 1. The van der Waals surface area contributed by atoms with Crippen molar-refractivity contribution in [1.29, 1.82) is 0 Å². The number of nitrogens with one attached hydrogen (secondary N) is 2. The highest BCUT2D eigenvalue weighted by atomic mass is 79.9. The molecular weight excluding hydrogens is 430 g/mol. The van der Waals surface area contributed by atoms with E-state index in [0.29, 0.717) is 23.6 Å². The van der Waals surface area contributed by atoms with E-state index < -0.39 is 10.0 Å². The van der Waals surface area contributed by atoms with E-state index in [9.17, 15) is 13.2 Å². The molecule has 0 spiro atoms. The van der Waals surface area contributed by atoms with Gasteiger partial charge < -0.3 is 9.88 Å². The third-order valence-corrected chi connectivity index (χ3v) is 5.69. The highest BCUT2D eigenvalue weighted by Crippen LogP contribution is 2.21. The molecule has 3 aromatic rings. The first-order valence-electron chi connectivity index (χ1n) is 8.24. The third kappa shape index (κ3) is 4.58. The zero-order valence-electron chi connectivity index (χ0n) is 14.5. The summed E-state index contributed by atoms with van der Waals surface area (Å²) in [5, 5.41) is 2.80. The molecule has 6 nitrogen and oxygen atoms in total. The van der Waals surface area contributed by atoms with Crippen LogP contribution in [0, 0.1) is 0 Å². The standard InChI is InChI=1S/C19H18BrN3O3S/c1-2-23-13-14(20)11-18(23)19(24)21-15-7-6-8-16(12-15)22-27(25,26)17-9-4-3-5-10-17/h3-13,22H,2H2,1H3,(H,21,24). The highest BCUT2D eigenvalue weighted by Gasteiger charge is 2.15. The summed E-state index contributed by atoms with van der Waals surface area (Å²) in [5.41, 5.74) is 1.37. The highest BCUT2D eigenvalue weighted by molar-refractivity contribution is 9.10. The summed E-state index contributed by atoms with van der Waals surface area (Å²) >= 11 is 3.37. The van der Waals surface area contributed by atoms with Crippen LogP contribution in [0.25, 0.3) is 0 Å². The van der Waals surface area contributed by atoms with Gasteiger partial charge in [-0.05, 0) is 59.3 Å². The number of hydrogen-bond donors (Lipinski definition) is 2. The number of carbonyl (C=O) groups is 1. The molecule has 0 bridgehead atoms. The molecule has 0 aliphatic carbocycles. The smallest absolute Gasteiger partial charge is 0.272 e. The number of anilines is 2. The van der Waals surface area contributed by atoms with Crippen LogP contribution in [0.3, 0.4) is 0 Å². The maximum atomic E-state index is 12.5. The first kappa shape index (κ1) is 19.2. The molecular formula is C19H18BrN3O3S. The molecule has 0 saturated carbocycles. The Bertz CT molecular complexity index is 1060. The number of halogens is 1. The molecule has 0 aliphatic heterocycles. The number of benzene rings is 2. The van der Waals surface area contributed by atoms with Crippen LogP contribution in [-0.4, -0.2) is 18.9 Å². The van der Waals surface area contributed by atoms with Crippen LogP contribution >= 0.6 is 15.9 Å². The number of carbonyl (C=O) groups excluding carboxylic acids is 1. The normalized spacial score (nSPS) is 11.2. The van der Waals surface area contributed by atoms with Gasteiger partial charge in [0.05, 0.1) is 10.6 Å². The Labute approximate surface area is 166 Å². The number of rotatable bonds is 6. The zero-order valence-corrected chi connectivity index (χ0v) is 16.9.